The predicted octanol–water partition coefficient (Wildman–Crippen LogP) is 3.21. The summed E-state index contributed by atoms with van der Waals surface area (Å²) in [5, 5.41) is 0. The van der Waals surface area contributed by atoms with Gasteiger partial charge < -0.3 is 5.73 Å². The Morgan fingerprint density at radius 1 is 1.15 bits per heavy atom. The highest BCUT2D eigenvalue weighted by Gasteiger charge is 2.23. The molecule has 20 heavy (non-hydrogen) atoms. The molecule has 0 bridgehead atoms. The molecule has 0 heterocycles. The van der Waals surface area contributed by atoms with Crippen molar-refractivity contribution in [3.8, 4) is 0 Å². The molecular formula is C17H24N2S. The quantitative estimate of drug-likeness (QED) is 0.844. The van der Waals surface area contributed by atoms with Gasteiger partial charge >= 0.3 is 0 Å². The molecule has 3 rings (SSSR count). The lowest BCUT2D eigenvalue weighted by atomic mass is 10.1. The van der Waals surface area contributed by atoms with Crippen molar-refractivity contribution >= 4 is 17.2 Å². The van der Waals surface area contributed by atoms with Crippen LogP contribution in [0.15, 0.2) is 18.2 Å². The Morgan fingerprint density at radius 2 is 1.90 bits per heavy atom. The van der Waals surface area contributed by atoms with E-state index >= 15 is 0 Å². The van der Waals surface area contributed by atoms with Crippen LogP contribution >= 0.6 is 12.2 Å². The molecule has 0 aliphatic heterocycles. The van der Waals surface area contributed by atoms with Gasteiger partial charge in [0.1, 0.15) is 0 Å². The summed E-state index contributed by atoms with van der Waals surface area (Å²) in [5.41, 5.74) is 10.3. The molecule has 0 radical (unpaired) electrons. The first-order chi connectivity index (χ1) is 9.72. The number of hydrogen-bond donors (Lipinski definition) is 1. The second kappa shape index (κ2) is 6.23. The molecule has 0 spiro atoms. The van der Waals surface area contributed by atoms with Crippen molar-refractivity contribution in [1.82, 2.24) is 4.90 Å². The number of nitrogens with two attached hydrogens (primary N) is 1. The van der Waals surface area contributed by atoms with Gasteiger partial charge in [-0.2, -0.15) is 0 Å². The first-order valence-electron chi connectivity index (χ1n) is 7.85. The highest BCUT2D eigenvalue weighted by molar-refractivity contribution is 7.80. The predicted molar refractivity (Wildman–Crippen MR) is 87.9 cm³/mol. The summed E-state index contributed by atoms with van der Waals surface area (Å²) >= 11 is 5.14. The number of nitrogens with zero attached hydrogens (tertiary/aromatic N) is 1. The van der Waals surface area contributed by atoms with Crippen molar-refractivity contribution in [2.45, 2.75) is 57.5 Å². The molecule has 0 saturated heterocycles. The van der Waals surface area contributed by atoms with E-state index in [9.17, 15) is 0 Å². The highest BCUT2D eigenvalue weighted by atomic mass is 32.1. The van der Waals surface area contributed by atoms with Gasteiger partial charge in [-0.3, -0.25) is 4.90 Å². The van der Waals surface area contributed by atoms with Gasteiger partial charge in [-0.25, -0.2) is 0 Å². The van der Waals surface area contributed by atoms with Gasteiger partial charge in [-0.05, 0) is 48.8 Å². The second-order valence-electron chi connectivity index (χ2n) is 6.27. The second-order valence-corrected chi connectivity index (χ2v) is 6.79. The Labute approximate surface area is 127 Å². The van der Waals surface area contributed by atoms with Gasteiger partial charge in [-0.1, -0.05) is 43.3 Å². The summed E-state index contributed by atoms with van der Waals surface area (Å²) in [4.78, 5) is 3.12. The molecule has 1 aromatic rings. The van der Waals surface area contributed by atoms with E-state index in [-0.39, 0.29) is 0 Å². The van der Waals surface area contributed by atoms with Crippen LogP contribution in [-0.2, 0) is 19.4 Å². The lowest BCUT2D eigenvalue weighted by Gasteiger charge is -2.28. The SMILES string of the molecule is NC(=S)CN(Cc1ccc2c(c1)CCC2)C1CCCC1. The van der Waals surface area contributed by atoms with Crippen LogP contribution in [0.3, 0.4) is 0 Å². The Morgan fingerprint density at radius 3 is 2.65 bits per heavy atom. The van der Waals surface area contributed by atoms with Crippen molar-refractivity contribution in [3.05, 3.63) is 34.9 Å². The van der Waals surface area contributed by atoms with Crippen molar-refractivity contribution in [2.75, 3.05) is 6.54 Å². The standard InChI is InChI=1S/C17H24N2S/c18-17(20)12-19(16-6-1-2-7-16)11-13-8-9-14-4-3-5-15(14)10-13/h8-10,16H,1-7,11-12H2,(H2,18,20). The third-order valence-corrected chi connectivity index (χ3v) is 4.88. The average molecular weight is 288 g/mol. The zero-order valence-electron chi connectivity index (χ0n) is 12.1. The number of benzene rings is 1. The molecule has 1 saturated carbocycles. The molecule has 3 heteroatoms. The minimum Gasteiger partial charge on any atom is -0.392 e. The molecule has 0 atom stereocenters. The minimum absolute atomic E-state index is 0.623. The van der Waals surface area contributed by atoms with Crippen LogP contribution < -0.4 is 5.73 Å². The van der Waals surface area contributed by atoms with Crippen LogP contribution in [0.1, 0.15) is 48.8 Å². The van der Waals surface area contributed by atoms with Crippen molar-refractivity contribution in [1.29, 1.82) is 0 Å². The molecule has 0 amide bonds. The molecule has 1 fully saturated rings. The van der Waals surface area contributed by atoms with Crippen LogP contribution in [0.25, 0.3) is 0 Å². The Bertz CT molecular complexity index is 492. The fourth-order valence-electron chi connectivity index (χ4n) is 3.74. The van der Waals surface area contributed by atoms with Crippen LogP contribution in [-0.4, -0.2) is 22.5 Å². The van der Waals surface area contributed by atoms with E-state index in [1.165, 1.54) is 50.5 Å². The normalized spacial score (nSPS) is 18.6. The van der Waals surface area contributed by atoms with Crippen molar-refractivity contribution in [3.63, 3.8) is 0 Å². The Kier molecular flexibility index (Phi) is 4.37. The monoisotopic (exact) mass is 288 g/mol. The fraction of sp³-hybridized carbons (Fsp3) is 0.588. The summed E-state index contributed by atoms with van der Waals surface area (Å²) in [6.07, 6.45) is 9.13. The van der Waals surface area contributed by atoms with E-state index in [2.05, 4.69) is 23.1 Å². The fourth-order valence-corrected chi connectivity index (χ4v) is 3.91. The van der Waals surface area contributed by atoms with Gasteiger partial charge in [-0.15, -0.1) is 0 Å². The number of rotatable bonds is 5. The maximum atomic E-state index is 5.79. The molecule has 1 aromatic carbocycles. The van der Waals surface area contributed by atoms with Gasteiger partial charge in [0.25, 0.3) is 0 Å². The van der Waals surface area contributed by atoms with Gasteiger partial charge in [0.05, 0.1) is 4.99 Å². The van der Waals surface area contributed by atoms with Gasteiger partial charge in [0.2, 0.25) is 0 Å². The van der Waals surface area contributed by atoms with E-state index in [1.54, 1.807) is 11.1 Å². The first kappa shape index (κ1) is 14.0. The average Bonchev–Trinajstić information content (AvgIpc) is 3.08. The topological polar surface area (TPSA) is 29.3 Å². The van der Waals surface area contributed by atoms with Crippen LogP contribution in [0.2, 0.25) is 0 Å². The summed E-state index contributed by atoms with van der Waals surface area (Å²) in [7, 11) is 0. The third-order valence-electron chi connectivity index (χ3n) is 4.75. The maximum absolute atomic E-state index is 5.79. The zero-order chi connectivity index (χ0) is 13.9. The molecule has 0 aromatic heterocycles. The molecule has 108 valence electrons. The van der Waals surface area contributed by atoms with E-state index in [0.29, 0.717) is 11.0 Å². The molecule has 2 aliphatic carbocycles. The lowest BCUT2D eigenvalue weighted by Crippen LogP contribution is -2.38. The van der Waals surface area contributed by atoms with Gasteiger partial charge in [0, 0.05) is 19.1 Å². The third kappa shape index (κ3) is 3.21. The van der Waals surface area contributed by atoms with E-state index in [1.807, 2.05) is 0 Å². The number of hydrogen-bond acceptors (Lipinski definition) is 2. The summed E-state index contributed by atoms with van der Waals surface area (Å²) in [5.74, 6) is 0. The van der Waals surface area contributed by atoms with Crippen LogP contribution in [0, 0.1) is 0 Å². The molecule has 2 nitrogen and oxygen atoms in total. The van der Waals surface area contributed by atoms with Crippen molar-refractivity contribution in [2.24, 2.45) is 5.73 Å². The summed E-state index contributed by atoms with van der Waals surface area (Å²) in [6.45, 7) is 1.76. The lowest BCUT2D eigenvalue weighted by molar-refractivity contribution is 0.219. The number of thiocarbonyl (C=S) groups is 1. The smallest absolute Gasteiger partial charge is 0.0870 e. The Hall–Kier alpha value is -0.930. The maximum Gasteiger partial charge on any atom is 0.0870 e. The van der Waals surface area contributed by atoms with Crippen LogP contribution in [0.4, 0.5) is 0 Å². The molecule has 2 N–H and O–H groups in total. The summed E-state index contributed by atoms with van der Waals surface area (Å²) < 4.78 is 0. The van der Waals surface area contributed by atoms with Gasteiger partial charge in [0.15, 0.2) is 0 Å². The largest absolute Gasteiger partial charge is 0.392 e. The highest BCUT2D eigenvalue weighted by Crippen LogP contribution is 2.27. The van der Waals surface area contributed by atoms with Crippen molar-refractivity contribution < 1.29 is 0 Å². The van der Waals surface area contributed by atoms with E-state index < -0.39 is 0 Å². The van der Waals surface area contributed by atoms with E-state index in [4.69, 9.17) is 18.0 Å². The molecule has 2 aliphatic rings. The molecular weight excluding hydrogens is 264 g/mol. The number of fused-ring (bicyclic) bond motifs is 1. The first-order valence-corrected chi connectivity index (χ1v) is 8.26. The van der Waals surface area contributed by atoms with E-state index in [0.717, 1.165) is 13.1 Å². The number of aryl methyl sites for hydroxylation is 2. The Balaban J connectivity index is 1.73. The summed E-state index contributed by atoms with van der Waals surface area (Å²) in [6, 6.07) is 7.70. The minimum atomic E-state index is 0.623. The zero-order valence-corrected chi connectivity index (χ0v) is 12.9. The molecule has 0 unspecified atom stereocenters. The van der Waals surface area contributed by atoms with Crippen LogP contribution in [0.5, 0.6) is 0 Å².